The lowest BCUT2D eigenvalue weighted by Crippen LogP contribution is -2.54. The van der Waals surface area contributed by atoms with Gasteiger partial charge in [0, 0.05) is 5.02 Å². The summed E-state index contributed by atoms with van der Waals surface area (Å²) in [5.74, 6) is 0.390. The number of halogens is 2. The Labute approximate surface area is 279 Å². The van der Waals surface area contributed by atoms with Crippen LogP contribution in [0.15, 0.2) is 88.9 Å². The van der Waals surface area contributed by atoms with Crippen LogP contribution >= 0.6 is 27.5 Å². The number of urea groups is 1. The number of benzene rings is 4. The lowest BCUT2D eigenvalue weighted by molar-refractivity contribution is -0.122. The number of carbonyl (C=O) groups excluding carboxylic acids is 3. The van der Waals surface area contributed by atoms with Gasteiger partial charge in [0.2, 0.25) is 0 Å². The Bertz CT molecular complexity index is 1830. The highest BCUT2D eigenvalue weighted by Gasteiger charge is 2.37. The van der Waals surface area contributed by atoms with Crippen molar-refractivity contribution in [2.24, 2.45) is 0 Å². The van der Waals surface area contributed by atoms with Gasteiger partial charge in [-0.3, -0.25) is 14.9 Å². The van der Waals surface area contributed by atoms with Gasteiger partial charge >= 0.3 is 6.03 Å². The van der Waals surface area contributed by atoms with Crippen LogP contribution < -0.4 is 29.2 Å². The van der Waals surface area contributed by atoms with E-state index < -0.39 is 17.8 Å². The quantitative estimate of drug-likeness (QED) is 0.126. The van der Waals surface area contributed by atoms with E-state index in [9.17, 15) is 14.4 Å². The number of anilines is 1. The molecular formula is C35H30BrClN2O7. The number of ether oxygens (including phenoxy) is 4. The van der Waals surface area contributed by atoms with E-state index in [2.05, 4.69) is 21.2 Å². The van der Waals surface area contributed by atoms with E-state index in [1.165, 1.54) is 19.3 Å². The summed E-state index contributed by atoms with van der Waals surface area (Å²) >= 11 is 9.75. The Morgan fingerprint density at radius 1 is 0.848 bits per heavy atom. The SMILES string of the molecule is CCOc1cc(COc2c(Br)cc(/C=C3\C(=O)NC(=O)N(c4ccc(C)c(Cl)c4)C3=O)cc2OC)ccc1OCc1ccccc1. The Morgan fingerprint density at radius 3 is 2.33 bits per heavy atom. The van der Waals surface area contributed by atoms with Crippen LogP contribution in [0.2, 0.25) is 5.02 Å². The molecule has 0 radical (unpaired) electrons. The topological polar surface area (TPSA) is 103 Å². The number of hydrogen-bond donors (Lipinski definition) is 1. The highest BCUT2D eigenvalue weighted by Crippen LogP contribution is 2.39. The average Bonchev–Trinajstić information content (AvgIpc) is 3.04. The van der Waals surface area contributed by atoms with Gasteiger partial charge in [0.05, 0.1) is 23.9 Å². The first-order valence-electron chi connectivity index (χ1n) is 14.3. The van der Waals surface area contributed by atoms with Crippen LogP contribution in [-0.4, -0.2) is 31.6 Å². The van der Waals surface area contributed by atoms with E-state index in [0.717, 1.165) is 21.6 Å². The smallest absolute Gasteiger partial charge is 0.335 e. The van der Waals surface area contributed by atoms with Crippen molar-refractivity contribution < 1.29 is 33.3 Å². The van der Waals surface area contributed by atoms with Crippen molar-refractivity contribution in [1.82, 2.24) is 5.32 Å². The number of barbiturate groups is 1. The number of methoxy groups -OCH3 is 1. The zero-order valence-corrected chi connectivity index (χ0v) is 27.6. The zero-order valence-electron chi connectivity index (χ0n) is 25.3. The molecule has 4 amide bonds. The van der Waals surface area contributed by atoms with Crippen LogP contribution in [0.25, 0.3) is 6.08 Å². The Hall–Kier alpha value is -4.80. The molecular weight excluding hydrogens is 676 g/mol. The number of nitrogens with one attached hydrogen (secondary N) is 1. The van der Waals surface area contributed by atoms with Crippen molar-refractivity contribution in [2.75, 3.05) is 18.6 Å². The summed E-state index contributed by atoms with van der Waals surface area (Å²) in [6.07, 6.45) is 1.38. The van der Waals surface area contributed by atoms with Crippen LogP contribution in [0.4, 0.5) is 10.5 Å². The molecule has 1 N–H and O–H groups in total. The number of amides is 4. The van der Waals surface area contributed by atoms with E-state index in [1.807, 2.05) is 55.5 Å². The monoisotopic (exact) mass is 704 g/mol. The molecule has 1 aliphatic rings. The molecule has 1 fully saturated rings. The molecule has 11 heteroatoms. The molecule has 9 nitrogen and oxygen atoms in total. The van der Waals surface area contributed by atoms with Gasteiger partial charge in [-0.1, -0.05) is 54.1 Å². The molecule has 0 aliphatic carbocycles. The van der Waals surface area contributed by atoms with Gasteiger partial charge in [-0.2, -0.15) is 0 Å². The van der Waals surface area contributed by atoms with Gasteiger partial charge in [0.15, 0.2) is 23.0 Å². The van der Waals surface area contributed by atoms with E-state index in [0.29, 0.717) is 51.3 Å². The number of hydrogen-bond acceptors (Lipinski definition) is 7. The first kappa shape index (κ1) is 32.6. The average molecular weight is 706 g/mol. The van der Waals surface area contributed by atoms with Crippen molar-refractivity contribution in [3.8, 4) is 23.0 Å². The highest BCUT2D eigenvalue weighted by atomic mass is 79.9. The van der Waals surface area contributed by atoms with Crippen molar-refractivity contribution in [3.05, 3.63) is 116 Å². The minimum absolute atomic E-state index is 0.186. The summed E-state index contributed by atoms with van der Waals surface area (Å²) in [6.45, 7) is 4.76. The first-order valence-corrected chi connectivity index (χ1v) is 15.5. The maximum atomic E-state index is 13.4. The van der Waals surface area contributed by atoms with E-state index in [-0.39, 0.29) is 17.9 Å². The van der Waals surface area contributed by atoms with Crippen molar-refractivity contribution in [2.45, 2.75) is 27.1 Å². The molecule has 0 bridgehead atoms. The summed E-state index contributed by atoms with van der Waals surface area (Å²) in [5, 5.41) is 2.60. The second-order valence-electron chi connectivity index (χ2n) is 10.2. The van der Waals surface area contributed by atoms with E-state index >= 15 is 0 Å². The summed E-state index contributed by atoms with van der Waals surface area (Å²) in [4.78, 5) is 39.6. The molecule has 4 aromatic carbocycles. The van der Waals surface area contributed by atoms with E-state index in [1.54, 1.807) is 31.2 Å². The molecule has 0 spiro atoms. The summed E-state index contributed by atoms with van der Waals surface area (Å²) in [5.41, 5.74) is 3.12. The summed E-state index contributed by atoms with van der Waals surface area (Å²) in [7, 11) is 1.48. The Kier molecular flexibility index (Phi) is 10.3. The number of rotatable bonds is 11. The van der Waals surface area contributed by atoms with Gasteiger partial charge in [0.25, 0.3) is 11.8 Å². The first-order chi connectivity index (χ1) is 22.2. The normalized spacial score (nSPS) is 13.9. The van der Waals surface area contributed by atoms with Crippen molar-refractivity contribution >= 4 is 57.1 Å². The minimum Gasteiger partial charge on any atom is -0.493 e. The highest BCUT2D eigenvalue weighted by molar-refractivity contribution is 9.10. The van der Waals surface area contributed by atoms with Gasteiger partial charge < -0.3 is 18.9 Å². The van der Waals surface area contributed by atoms with Gasteiger partial charge in [0.1, 0.15) is 18.8 Å². The second kappa shape index (κ2) is 14.5. The van der Waals surface area contributed by atoms with E-state index in [4.69, 9.17) is 30.5 Å². The predicted molar refractivity (Wildman–Crippen MR) is 179 cm³/mol. The van der Waals surface area contributed by atoms with Crippen LogP contribution in [-0.2, 0) is 22.8 Å². The van der Waals surface area contributed by atoms with Gasteiger partial charge in [-0.25, -0.2) is 9.69 Å². The van der Waals surface area contributed by atoms with Crippen LogP contribution in [0.5, 0.6) is 23.0 Å². The molecule has 0 aromatic heterocycles. The summed E-state index contributed by atoms with van der Waals surface area (Å²) in [6, 6.07) is 22.7. The molecule has 0 unspecified atom stereocenters. The molecule has 1 aliphatic heterocycles. The molecule has 0 saturated carbocycles. The standard InChI is InChI=1S/C35H30BrClN2O7/c1-4-44-30-16-23(11-13-29(30)45-19-22-8-6-5-7-9-22)20-46-32-27(36)15-24(17-31(32)43-3)14-26-33(40)38-35(42)39(34(26)41)25-12-10-21(2)28(37)18-25/h5-18H,4,19-20H2,1-3H3,(H,38,40,42)/b26-14+. The third-order valence-corrected chi connectivity index (χ3v) is 8.00. The zero-order chi connectivity index (χ0) is 32.8. The Morgan fingerprint density at radius 2 is 1.61 bits per heavy atom. The van der Waals surface area contributed by atoms with Crippen LogP contribution in [0, 0.1) is 6.92 Å². The number of nitrogens with zero attached hydrogens (tertiary/aromatic N) is 1. The fourth-order valence-corrected chi connectivity index (χ4v) is 5.41. The molecule has 5 rings (SSSR count). The predicted octanol–water partition coefficient (Wildman–Crippen LogP) is 7.64. The lowest BCUT2D eigenvalue weighted by Gasteiger charge is -2.26. The van der Waals surface area contributed by atoms with Gasteiger partial charge in [-0.05, 0) is 94.5 Å². The maximum Gasteiger partial charge on any atom is 0.335 e. The molecule has 236 valence electrons. The summed E-state index contributed by atoms with van der Waals surface area (Å²) < 4.78 is 24.1. The second-order valence-corrected chi connectivity index (χ2v) is 11.5. The fourth-order valence-electron chi connectivity index (χ4n) is 4.66. The lowest BCUT2D eigenvalue weighted by atomic mass is 10.1. The van der Waals surface area contributed by atoms with Crippen molar-refractivity contribution in [3.63, 3.8) is 0 Å². The molecule has 46 heavy (non-hydrogen) atoms. The van der Waals surface area contributed by atoms with Crippen LogP contribution in [0.1, 0.15) is 29.2 Å². The van der Waals surface area contributed by atoms with Gasteiger partial charge in [-0.15, -0.1) is 0 Å². The Balaban J connectivity index is 1.35. The molecule has 1 saturated heterocycles. The molecule has 4 aromatic rings. The third kappa shape index (κ3) is 7.35. The fraction of sp³-hybridized carbons (Fsp3) is 0.171. The van der Waals surface area contributed by atoms with Crippen molar-refractivity contribution in [1.29, 1.82) is 0 Å². The number of aryl methyl sites for hydroxylation is 1. The molecule has 1 heterocycles. The minimum atomic E-state index is -0.863. The largest absolute Gasteiger partial charge is 0.493 e. The number of imide groups is 2. The molecule has 0 atom stereocenters. The third-order valence-electron chi connectivity index (χ3n) is 7.01. The van der Waals surface area contributed by atoms with Crippen LogP contribution in [0.3, 0.4) is 0 Å². The number of carbonyl (C=O) groups is 3. The maximum absolute atomic E-state index is 13.4.